The highest BCUT2D eigenvalue weighted by atomic mass is 16.5. The van der Waals surface area contributed by atoms with E-state index in [0.717, 1.165) is 38.0 Å². The van der Waals surface area contributed by atoms with Gasteiger partial charge in [-0.25, -0.2) is 0 Å². The van der Waals surface area contributed by atoms with Crippen molar-refractivity contribution in [3.8, 4) is 0 Å². The second-order valence-corrected chi connectivity index (χ2v) is 7.52. The van der Waals surface area contributed by atoms with Crippen LogP contribution in [0.3, 0.4) is 0 Å². The van der Waals surface area contributed by atoms with Crippen molar-refractivity contribution in [1.82, 2.24) is 4.57 Å². The summed E-state index contributed by atoms with van der Waals surface area (Å²) in [7, 11) is 1.78. The van der Waals surface area contributed by atoms with Gasteiger partial charge in [0.2, 0.25) is 0 Å². The lowest BCUT2D eigenvalue weighted by Crippen LogP contribution is -2.38. The first-order chi connectivity index (χ1) is 9.86. The summed E-state index contributed by atoms with van der Waals surface area (Å²) in [5.41, 5.74) is 3.52. The summed E-state index contributed by atoms with van der Waals surface area (Å²) >= 11 is 0. The Morgan fingerprint density at radius 3 is 2.86 bits per heavy atom. The zero-order chi connectivity index (χ0) is 15.3. The third-order valence-electron chi connectivity index (χ3n) is 5.15. The van der Waals surface area contributed by atoms with E-state index in [9.17, 15) is 5.11 Å². The SMILES string of the molecule is COC1(Cn2c(C)cc3c2CC(C)(C)CC3O)CCOC1. The van der Waals surface area contributed by atoms with Crippen molar-refractivity contribution in [2.75, 3.05) is 20.3 Å². The van der Waals surface area contributed by atoms with Crippen molar-refractivity contribution in [3.05, 3.63) is 23.0 Å². The molecular weight excluding hydrogens is 266 g/mol. The van der Waals surface area contributed by atoms with Gasteiger partial charge >= 0.3 is 0 Å². The van der Waals surface area contributed by atoms with Crippen LogP contribution < -0.4 is 0 Å². The van der Waals surface area contributed by atoms with Crippen molar-refractivity contribution in [2.24, 2.45) is 5.41 Å². The molecule has 0 bridgehead atoms. The molecule has 1 saturated heterocycles. The van der Waals surface area contributed by atoms with Crippen LogP contribution in [0.25, 0.3) is 0 Å². The van der Waals surface area contributed by atoms with Crippen LogP contribution in [0.15, 0.2) is 6.07 Å². The maximum absolute atomic E-state index is 10.4. The van der Waals surface area contributed by atoms with Gasteiger partial charge in [-0.1, -0.05) is 13.8 Å². The minimum Gasteiger partial charge on any atom is -0.388 e. The van der Waals surface area contributed by atoms with Crippen LogP contribution in [0.5, 0.6) is 0 Å². The van der Waals surface area contributed by atoms with Gasteiger partial charge in [-0.15, -0.1) is 0 Å². The predicted octanol–water partition coefficient (Wildman–Crippen LogP) is 2.61. The van der Waals surface area contributed by atoms with E-state index >= 15 is 0 Å². The van der Waals surface area contributed by atoms with Crippen molar-refractivity contribution >= 4 is 0 Å². The first-order valence-electron chi connectivity index (χ1n) is 7.86. The molecule has 21 heavy (non-hydrogen) atoms. The number of aliphatic hydroxyl groups is 1. The van der Waals surface area contributed by atoms with E-state index in [2.05, 4.69) is 31.4 Å². The Labute approximate surface area is 127 Å². The van der Waals surface area contributed by atoms with E-state index in [1.165, 1.54) is 11.4 Å². The number of fused-ring (bicyclic) bond motifs is 1. The molecule has 1 aromatic heterocycles. The minimum atomic E-state index is -0.345. The number of methoxy groups -OCH3 is 1. The van der Waals surface area contributed by atoms with Crippen LogP contribution >= 0.6 is 0 Å². The van der Waals surface area contributed by atoms with Crippen LogP contribution in [0, 0.1) is 12.3 Å². The molecule has 2 unspecified atom stereocenters. The Kier molecular flexibility index (Phi) is 3.67. The zero-order valence-electron chi connectivity index (χ0n) is 13.6. The smallest absolute Gasteiger partial charge is 0.111 e. The van der Waals surface area contributed by atoms with Crippen LogP contribution in [0.1, 0.15) is 49.7 Å². The average molecular weight is 293 g/mol. The van der Waals surface area contributed by atoms with E-state index in [1.54, 1.807) is 7.11 Å². The molecular formula is C17H27NO3. The summed E-state index contributed by atoms with van der Waals surface area (Å²) < 4.78 is 13.7. The van der Waals surface area contributed by atoms with Crippen molar-refractivity contribution in [2.45, 2.75) is 58.3 Å². The molecule has 118 valence electrons. The number of aryl methyl sites for hydroxylation is 1. The van der Waals surface area contributed by atoms with Crippen molar-refractivity contribution < 1.29 is 14.6 Å². The van der Waals surface area contributed by atoms with Gasteiger partial charge in [-0.3, -0.25) is 0 Å². The van der Waals surface area contributed by atoms with Gasteiger partial charge in [-0.2, -0.15) is 0 Å². The summed E-state index contributed by atoms with van der Waals surface area (Å²) in [4.78, 5) is 0. The molecule has 4 nitrogen and oxygen atoms in total. The van der Waals surface area contributed by atoms with Crippen LogP contribution in [0.4, 0.5) is 0 Å². The molecule has 1 aromatic rings. The van der Waals surface area contributed by atoms with Crippen LogP contribution in [-0.2, 0) is 22.4 Å². The Hall–Kier alpha value is -0.840. The summed E-state index contributed by atoms with van der Waals surface area (Å²) in [6, 6.07) is 2.15. The molecule has 0 saturated carbocycles. The van der Waals surface area contributed by atoms with Gasteiger partial charge < -0.3 is 19.1 Å². The lowest BCUT2D eigenvalue weighted by Gasteiger charge is -2.35. The van der Waals surface area contributed by atoms with E-state index in [4.69, 9.17) is 9.47 Å². The molecule has 0 spiro atoms. The van der Waals surface area contributed by atoms with E-state index < -0.39 is 0 Å². The Balaban J connectivity index is 1.97. The number of ether oxygens (including phenoxy) is 2. The number of aromatic nitrogens is 1. The fraction of sp³-hybridized carbons (Fsp3) is 0.765. The Morgan fingerprint density at radius 2 is 2.24 bits per heavy atom. The standard InChI is InChI=1S/C17H27NO3/c1-12-7-13-14(8-16(2,3)9-15(13)19)18(12)10-17(20-4)5-6-21-11-17/h7,15,19H,5-6,8-11H2,1-4H3. The normalized spacial score (nSPS) is 31.4. The van der Waals surface area contributed by atoms with Gasteiger partial charge in [0.1, 0.15) is 5.60 Å². The highest BCUT2D eigenvalue weighted by molar-refractivity contribution is 5.33. The number of hydrogen-bond donors (Lipinski definition) is 1. The molecule has 1 aliphatic heterocycles. The molecule has 2 heterocycles. The van der Waals surface area contributed by atoms with E-state index in [0.29, 0.717) is 6.61 Å². The molecule has 1 N–H and O–H groups in total. The third kappa shape index (κ3) is 2.65. The largest absolute Gasteiger partial charge is 0.388 e. The molecule has 0 amide bonds. The molecule has 4 heteroatoms. The van der Waals surface area contributed by atoms with Gasteiger partial charge in [-0.05, 0) is 31.2 Å². The molecule has 0 aromatic carbocycles. The Bertz CT molecular complexity index is 526. The van der Waals surface area contributed by atoms with Crippen LogP contribution in [0.2, 0.25) is 0 Å². The predicted molar refractivity (Wildman–Crippen MR) is 81.4 cm³/mol. The first kappa shape index (κ1) is 15.1. The highest BCUT2D eigenvalue weighted by Gasteiger charge is 2.39. The first-order valence-corrected chi connectivity index (χ1v) is 7.86. The molecule has 2 atom stereocenters. The third-order valence-corrected chi connectivity index (χ3v) is 5.15. The van der Waals surface area contributed by atoms with Gasteiger partial charge in [0.25, 0.3) is 0 Å². The maximum Gasteiger partial charge on any atom is 0.111 e. The molecule has 1 aliphatic carbocycles. The highest BCUT2D eigenvalue weighted by Crippen LogP contribution is 2.42. The van der Waals surface area contributed by atoms with Crippen LogP contribution in [-0.4, -0.2) is 35.6 Å². The number of rotatable bonds is 3. The summed E-state index contributed by atoms with van der Waals surface area (Å²) in [6.45, 7) is 8.82. The van der Waals surface area contributed by atoms with Gasteiger partial charge in [0.05, 0.1) is 19.3 Å². The molecule has 0 radical (unpaired) electrons. The Morgan fingerprint density at radius 1 is 1.48 bits per heavy atom. The van der Waals surface area contributed by atoms with Crippen molar-refractivity contribution in [3.63, 3.8) is 0 Å². The topological polar surface area (TPSA) is 43.6 Å². The number of hydrogen-bond acceptors (Lipinski definition) is 3. The quantitative estimate of drug-likeness (QED) is 0.931. The van der Waals surface area contributed by atoms with E-state index in [1.807, 2.05) is 0 Å². The van der Waals surface area contributed by atoms with Gasteiger partial charge in [0.15, 0.2) is 0 Å². The van der Waals surface area contributed by atoms with E-state index in [-0.39, 0.29) is 17.1 Å². The lowest BCUT2D eigenvalue weighted by atomic mass is 9.75. The second-order valence-electron chi connectivity index (χ2n) is 7.52. The molecule has 3 rings (SSSR count). The summed E-state index contributed by atoms with van der Waals surface area (Å²) in [6.07, 6.45) is 2.43. The zero-order valence-corrected chi connectivity index (χ0v) is 13.6. The fourth-order valence-electron chi connectivity index (χ4n) is 3.85. The minimum absolute atomic E-state index is 0.140. The number of nitrogens with zero attached hydrogens (tertiary/aromatic N) is 1. The summed E-state index contributed by atoms with van der Waals surface area (Å²) in [5.74, 6) is 0. The molecule has 2 aliphatic rings. The fourth-order valence-corrected chi connectivity index (χ4v) is 3.85. The average Bonchev–Trinajstić information content (AvgIpc) is 2.98. The maximum atomic E-state index is 10.4. The second kappa shape index (κ2) is 5.11. The lowest BCUT2D eigenvalue weighted by molar-refractivity contribution is -0.0308. The molecule has 1 fully saturated rings. The summed E-state index contributed by atoms with van der Waals surface area (Å²) in [5, 5.41) is 10.4. The van der Waals surface area contributed by atoms with Gasteiger partial charge in [0, 0.05) is 37.1 Å². The number of aliphatic hydroxyl groups excluding tert-OH is 1. The monoisotopic (exact) mass is 293 g/mol. The van der Waals surface area contributed by atoms with Crippen molar-refractivity contribution in [1.29, 1.82) is 0 Å².